The molecule has 0 fully saturated rings. The zero-order chi connectivity index (χ0) is 23.6. The van der Waals surface area contributed by atoms with Crippen LogP contribution < -0.4 is 24.8 Å². The maximum atomic E-state index is 12.6. The van der Waals surface area contributed by atoms with Crippen LogP contribution in [0.1, 0.15) is 27.4 Å². The lowest BCUT2D eigenvalue weighted by molar-refractivity contribution is -0.120. The SMILES string of the molecule is COc1cc(C(=O)NCC(=O)NCC(c2ccccc2)c2ccccc2)cc(OC)c1OC. The van der Waals surface area contributed by atoms with Crippen molar-refractivity contribution in [1.82, 2.24) is 10.6 Å². The Morgan fingerprint density at radius 1 is 0.758 bits per heavy atom. The molecule has 2 amide bonds. The van der Waals surface area contributed by atoms with Crippen LogP contribution in [-0.4, -0.2) is 46.2 Å². The summed E-state index contributed by atoms with van der Waals surface area (Å²) in [4.78, 5) is 25.1. The monoisotopic (exact) mass is 448 g/mol. The number of methoxy groups -OCH3 is 3. The van der Waals surface area contributed by atoms with Crippen molar-refractivity contribution in [3.8, 4) is 17.2 Å². The molecule has 0 aliphatic heterocycles. The normalized spacial score (nSPS) is 10.4. The molecule has 0 heterocycles. The molecule has 0 atom stereocenters. The van der Waals surface area contributed by atoms with Crippen molar-refractivity contribution < 1.29 is 23.8 Å². The maximum absolute atomic E-state index is 12.6. The van der Waals surface area contributed by atoms with Gasteiger partial charge in [0.2, 0.25) is 11.7 Å². The highest BCUT2D eigenvalue weighted by molar-refractivity contribution is 5.97. The second-order valence-corrected chi connectivity index (χ2v) is 7.27. The van der Waals surface area contributed by atoms with Crippen LogP contribution in [0.2, 0.25) is 0 Å². The number of benzene rings is 3. The van der Waals surface area contributed by atoms with Gasteiger partial charge in [-0.25, -0.2) is 0 Å². The molecule has 3 aromatic carbocycles. The summed E-state index contributed by atoms with van der Waals surface area (Å²) >= 11 is 0. The Bertz CT molecular complexity index is 1010. The number of amides is 2. The van der Waals surface area contributed by atoms with Crippen LogP contribution in [0, 0.1) is 0 Å². The lowest BCUT2D eigenvalue weighted by Crippen LogP contribution is -2.38. The predicted octanol–water partition coefficient (Wildman–Crippen LogP) is 3.39. The van der Waals surface area contributed by atoms with Gasteiger partial charge in [0.1, 0.15) is 0 Å². The van der Waals surface area contributed by atoms with E-state index in [0.717, 1.165) is 11.1 Å². The van der Waals surface area contributed by atoms with Crippen LogP contribution in [0.25, 0.3) is 0 Å². The molecular formula is C26H28N2O5. The molecule has 3 rings (SSSR count). The zero-order valence-corrected chi connectivity index (χ0v) is 19.0. The van der Waals surface area contributed by atoms with Crippen LogP contribution in [0.15, 0.2) is 72.8 Å². The Balaban J connectivity index is 1.63. The highest BCUT2D eigenvalue weighted by atomic mass is 16.5. The maximum Gasteiger partial charge on any atom is 0.251 e. The fourth-order valence-electron chi connectivity index (χ4n) is 3.55. The Morgan fingerprint density at radius 2 is 1.27 bits per heavy atom. The van der Waals surface area contributed by atoms with Gasteiger partial charge in [0.05, 0.1) is 27.9 Å². The van der Waals surface area contributed by atoms with Crippen molar-refractivity contribution in [2.45, 2.75) is 5.92 Å². The fourth-order valence-corrected chi connectivity index (χ4v) is 3.55. The van der Waals surface area contributed by atoms with Gasteiger partial charge in [-0.15, -0.1) is 0 Å². The predicted molar refractivity (Wildman–Crippen MR) is 126 cm³/mol. The Labute approximate surface area is 193 Å². The summed E-state index contributed by atoms with van der Waals surface area (Å²) in [6.45, 7) is 0.249. The summed E-state index contributed by atoms with van der Waals surface area (Å²) in [5.74, 6) is 0.407. The first kappa shape index (κ1) is 23.7. The molecule has 172 valence electrons. The van der Waals surface area contributed by atoms with Gasteiger partial charge in [0.25, 0.3) is 5.91 Å². The molecule has 0 aromatic heterocycles. The lowest BCUT2D eigenvalue weighted by Gasteiger charge is -2.19. The molecule has 2 N–H and O–H groups in total. The molecule has 0 saturated carbocycles. The summed E-state index contributed by atoms with van der Waals surface area (Å²) in [5.41, 5.74) is 2.50. The number of carbonyl (C=O) groups is 2. The Kier molecular flexibility index (Phi) is 8.30. The third kappa shape index (κ3) is 6.04. The van der Waals surface area contributed by atoms with Gasteiger partial charge in [0, 0.05) is 18.0 Å². The zero-order valence-electron chi connectivity index (χ0n) is 19.0. The van der Waals surface area contributed by atoms with Gasteiger partial charge in [-0.05, 0) is 23.3 Å². The van der Waals surface area contributed by atoms with Gasteiger partial charge >= 0.3 is 0 Å². The second-order valence-electron chi connectivity index (χ2n) is 7.27. The highest BCUT2D eigenvalue weighted by Gasteiger charge is 2.18. The van der Waals surface area contributed by atoms with Crippen molar-refractivity contribution in [3.63, 3.8) is 0 Å². The first-order chi connectivity index (χ1) is 16.1. The molecule has 3 aromatic rings. The Morgan fingerprint density at radius 3 is 1.73 bits per heavy atom. The number of carbonyl (C=O) groups excluding carboxylic acids is 2. The summed E-state index contributed by atoms with van der Waals surface area (Å²) in [6.07, 6.45) is 0. The van der Waals surface area contributed by atoms with Gasteiger partial charge < -0.3 is 24.8 Å². The highest BCUT2D eigenvalue weighted by Crippen LogP contribution is 2.38. The molecular weight excluding hydrogens is 420 g/mol. The molecule has 7 nitrogen and oxygen atoms in total. The van der Waals surface area contributed by atoms with Crippen molar-refractivity contribution >= 4 is 11.8 Å². The number of rotatable bonds is 10. The minimum absolute atomic E-state index is 0.00200. The van der Waals surface area contributed by atoms with Crippen molar-refractivity contribution in [1.29, 1.82) is 0 Å². The van der Waals surface area contributed by atoms with Crippen molar-refractivity contribution in [3.05, 3.63) is 89.5 Å². The number of hydrogen-bond donors (Lipinski definition) is 2. The molecule has 0 unspecified atom stereocenters. The van der Waals surface area contributed by atoms with Crippen molar-refractivity contribution in [2.75, 3.05) is 34.4 Å². The van der Waals surface area contributed by atoms with Crippen molar-refractivity contribution in [2.24, 2.45) is 0 Å². The lowest BCUT2D eigenvalue weighted by atomic mass is 9.91. The standard InChI is InChI=1S/C26H28N2O5/c1-31-22-14-20(15-23(32-2)25(22)33-3)26(30)28-17-24(29)27-16-21(18-10-6-4-7-11-18)19-12-8-5-9-13-19/h4-15,21H,16-17H2,1-3H3,(H,27,29)(H,28,30). The molecule has 33 heavy (non-hydrogen) atoms. The van der Waals surface area contributed by atoms with E-state index in [1.54, 1.807) is 0 Å². The van der Waals surface area contributed by atoms with E-state index < -0.39 is 5.91 Å². The van der Waals surface area contributed by atoms with E-state index >= 15 is 0 Å². The third-order valence-electron chi connectivity index (χ3n) is 5.24. The van der Waals surface area contributed by atoms with E-state index in [1.165, 1.54) is 33.5 Å². The van der Waals surface area contributed by atoms with Crippen LogP contribution in [0.4, 0.5) is 0 Å². The summed E-state index contributed by atoms with van der Waals surface area (Å²) in [7, 11) is 4.44. The van der Waals surface area contributed by atoms with E-state index in [9.17, 15) is 9.59 Å². The van der Waals surface area contributed by atoms with Gasteiger partial charge in [-0.3, -0.25) is 9.59 Å². The summed E-state index contributed by atoms with van der Waals surface area (Å²) in [5, 5.41) is 5.57. The largest absolute Gasteiger partial charge is 0.493 e. The molecule has 0 spiro atoms. The van der Waals surface area contributed by atoms with Gasteiger partial charge in [-0.1, -0.05) is 60.7 Å². The van der Waals surface area contributed by atoms with Gasteiger partial charge in [-0.2, -0.15) is 0 Å². The number of ether oxygens (including phenoxy) is 3. The van der Waals surface area contributed by atoms with E-state index in [0.29, 0.717) is 29.4 Å². The van der Waals surface area contributed by atoms with Gasteiger partial charge in [0.15, 0.2) is 11.5 Å². The summed E-state index contributed by atoms with van der Waals surface area (Å²) < 4.78 is 15.8. The smallest absolute Gasteiger partial charge is 0.251 e. The number of hydrogen-bond acceptors (Lipinski definition) is 5. The minimum Gasteiger partial charge on any atom is -0.493 e. The average molecular weight is 449 g/mol. The second kappa shape index (κ2) is 11.6. The van der Waals surface area contributed by atoms with E-state index in [1.807, 2.05) is 60.7 Å². The minimum atomic E-state index is -0.424. The first-order valence-electron chi connectivity index (χ1n) is 10.5. The van der Waals surface area contributed by atoms with E-state index in [2.05, 4.69) is 10.6 Å². The molecule has 0 saturated heterocycles. The first-order valence-corrected chi connectivity index (χ1v) is 10.5. The Hall–Kier alpha value is -4.00. The van der Waals surface area contributed by atoms with Crippen LogP contribution >= 0.6 is 0 Å². The van der Waals surface area contributed by atoms with Crippen LogP contribution in [0.3, 0.4) is 0 Å². The molecule has 0 aliphatic rings. The molecule has 0 bridgehead atoms. The average Bonchev–Trinajstić information content (AvgIpc) is 2.87. The van der Waals surface area contributed by atoms with E-state index in [4.69, 9.17) is 14.2 Å². The quantitative estimate of drug-likeness (QED) is 0.497. The van der Waals surface area contributed by atoms with Crippen LogP contribution in [-0.2, 0) is 4.79 Å². The third-order valence-corrected chi connectivity index (χ3v) is 5.24. The van der Waals surface area contributed by atoms with E-state index in [-0.39, 0.29) is 18.4 Å². The number of nitrogens with one attached hydrogen (secondary N) is 2. The fraction of sp³-hybridized carbons (Fsp3) is 0.231. The molecule has 0 aliphatic carbocycles. The molecule has 0 radical (unpaired) electrons. The molecule has 7 heteroatoms. The van der Waals surface area contributed by atoms with Crippen LogP contribution in [0.5, 0.6) is 17.2 Å². The topological polar surface area (TPSA) is 85.9 Å². The summed E-state index contributed by atoms with van der Waals surface area (Å²) in [6, 6.07) is 23.1.